The molecule has 1 atom stereocenters. The zero-order chi connectivity index (χ0) is 9.03. The van der Waals surface area contributed by atoms with Gasteiger partial charge in [-0.1, -0.05) is 30.3 Å². The average molecular weight is 182 g/mol. The normalized spacial score (nSPS) is 16.2. The Morgan fingerprint density at radius 1 is 1.33 bits per heavy atom. The van der Waals surface area contributed by atoms with Gasteiger partial charge in [0.2, 0.25) is 7.37 Å². The van der Waals surface area contributed by atoms with E-state index in [1.54, 1.807) is 6.08 Å². The van der Waals surface area contributed by atoms with Crippen LogP contribution in [0.1, 0.15) is 5.56 Å². The highest BCUT2D eigenvalue weighted by molar-refractivity contribution is 7.60. The molecule has 0 saturated heterocycles. The molecule has 1 rings (SSSR count). The molecule has 0 amide bonds. The standard InChI is InChI=1S/C9H11O2P/c1-12(10,11)8-7-9-5-3-2-4-6-9/h2-8H,1H3,(H,10,11)/b8-7+. The molecule has 3 heteroatoms. The Morgan fingerprint density at radius 2 is 1.92 bits per heavy atom. The maximum absolute atomic E-state index is 10.9. The van der Waals surface area contributed by atoms with Crippen LogP contribution in [0.15, 0.2) is 36.1 Å². The van der Waals surface area contributed by atoms with Gasteiger partial charge in [0.25, 0.3) is 0 Å². The summed E-state index contributed by atoms with van der Waals surface area (Å²) in [5.74, 6) is 1.34. The Hall–Kier alpha value is -0.850. The van der Waals surface area contributed by atoms with E-state index in [1.165, 1.54) is 12.5 Å². The van der Waals surface area contributed by atoms with Crippen LogP contribution in [0.25, 0.3) is 6.08 Å². The highest BCUT2D eigenvalue weighted by Gasteiger charge is 2.00. The minimum atomic E-state index is -3.01. The van der Waals surface area contributed by atoms with Crippen molar-refractivity contribution in [1.82, 2.24) is 0 Å². The van der Waals surface area contributed by atoms with Crippen molar-refractivity contribution < 1.29 is 9.46 Å². The van der Waals surface area contributed by atoms with Crippen molar-refractivity contribution in [3.8, 4) is 0 Å². The second kappa shape index (κ2) is 3.70. The molecule has 0 spiro atoms. The fourth-order valence-corrected chi connectivity index (χ4v) is 1.24. The van der Waals surface area contributed by atoms with Gasteiger partial charge in [0.15, 0.2) is 0 Å². The lowest BCUT2D eigenvalue weighted by Gasteiger charge is -1.95. The fraction of sp³-hybridized carbons (Fsp3) is 0.111. The largest absolute Gasteiger partial charge is 0.342 e. The van der Waals surface area contributed by atoms with Gasteiger partial charge in [0.05, 0.1) is 0 Å². The van der Waals surface area contributed by atoms with Crippen molar-refractivity contribution in [1.29, 1.82) is 0 Å². The molecule has 0 radical (unpaired) electrons. The molecule has 0 aliphatic rings. The lowest BCUT2D eigenvalue weighted by atomic mass is 10.2. The zero-order valence-electron chi connectivity index (χ0n) is 6.84. The first-order valence-corrected chi connectivity index (χ1v) is 5.80. The second-order valence-electron chi connectivity index (χ2n) is 2.67. The maximum atomic E-state index is 10.9. The minimum Gasteiger partial charge on any atom is -0.342 e. The average Bonchev–Trinajstić information content (AvgIpc) is 2.02. The molecule has 0 aliphatic heterocycles. The van der Waals surface area contributed by atoms with Crippen LogP contribution in [0.2, 0.25) is 0 Å². The molecule has 0 aromatic heterocycles. The molecule has 0 bridgehead atoms. The van der Waals surface area contributed by atoms with Crippen LogP contribution < -0.4 is 0 Å². The maximum Gasteiger partial charge on any atom is 0.219 e. The predicted octanol–water partition coefficient (Wildman–Crippen LogP) is 2.56. The summed E-state index contributed by atoms with van der Waals surface area (Å²) in [6, 6.07) is 9.44. The van der Waals surface area contributed by atoms with Gasteiger partial charge in [-0.05, 0) is 11.6 Å². The Kier molecular flexibility index (Phi) is 2.85. The lowest BCUT2D eigenvalue weighted by Crippen LogP contribution is -1.70. The first-order chi connectivity index (χ1) is 5.58. The predicted molar refractivity (Wildman–Crippen MR) is 51.2 cm³/mol. The number of rotatable bonds is 2. The topological polar surface area (TPSA) is 37.3 Å². The highest BCUT2D eigenvalue weighted by Crippen LogP contribution is 2.37. The van der Waals surface area contributed by atoms with Crippen LogP contribution >= 0.6 is 7.37 Å². The van der Waals surface area contributed by atoms with Gasteiger partial charge in [0.1, 0.15) is 0 Å². The van der Waals surface area contributed by atoms with E-state index in [4.69, 9.17) is 4.89 Å². The Morgan fingerprint density at radius 3 is 2.42 bits per heavy atom. The zero-order valence-corrected chi connectivity index (χ0v) is 7.74. The van der Waals surface area contributed by atoms with Gasteiger partial charge in [-0.15, -0.1) is 0 Å². The summed E-state index contributed by atoms with van der Waals surface area (Å²) in [5, 5.41) is 0. The van der Waals surface area contributed by atoms with Crippen molar-refractivity contribution in [2.75, 3.05) is 6.66 Å². The summed E-state index contributed by atoms with van der Waals surface area (Å²) in [4.78, 5) is 8.95. The quantitative estimate of drug-likeness (QED) is 0.713. The van der Waals surface area contributed by atoms with E-state index in [2.05, 4.69) is 0 Å². The summed E-state index contributed by atoms with van der Waals surface area (Å²) in [6.07, 6.45) is 1.65. The van der Waals surface area contributed by atoms with Gasteiger partial charge >= 0.3 is 0 Å². The van der Waals surface area contributed by atoms with E-state index in [0.717, 1.165) is 5.56 Å². The van der Waals surface area contributed by atoms with Crippen molar-refractivity contribution in [2.45, 2.75) is 0 Å². The van der Waals surface area contributed by atoms with Gasteiger partial charge < -0.3 is 4.89 Å². The molecule has 1 aromatic carbocycles. The molecule has 0 heterocycles. The van der Waals surface area contributed by atoms with E-state index in [0.29, 0.717) is 0 Å². The molecule has 0 saturated carbocycles. The van der Waals surface area contributed by atoms with Crippen molar-refractivity contribution in [2.24, 2.45) is 0 Å². The van der Waals surface area contributed by atoms with Gasteiger partial charge in [-0.2, -0.15) is 0 Å². The number of hydrogen-bond acceptors (Lipinski definition) is 1. The van der Waals surface area contributed by atoms with Gasteiger partial charge in [0, 0.05) is 12.5 Å². The molecule has 1 unspecified atom stereocenters. The van der Waals surface area contributed by atoms with E-state index in [1.807, 2.05) is 30.3 Å². The van der Waals surface area contributed by atoms with Crippen LogP contribution in [0.4, 0.5) is 0 Å². The highest BCUT2D eigenvalue weighted by atomic mass is 31.2. The Balaban J connectivity index is 2.78. The molecule has 2 nitrogen and oxygen atoms in total. The summed E-state index contributed by atoms with van der Waals surface area (Å²) in [6.45, 7) is 1.31. The lowest BCUT2D eigenvalue weighted by molar-refractivity contribution is 0.496. The second-order valence-corrected chi connectivity index (χ2v) is 4.85. The van der Waals surface area contributed by atoms with Crippen LogP contribution in [-0.2, 0) is 4.57 Å². The molecular weight excluding hydrogens is 171 g/mol. The summed E-state index contributed by atoms with van der Waals surface area (Å²) in [5.41, 5.74) is 0.939. The van der Waals surface area contributed by atoms with Crippen molar-refractivity contribution in [3.05, 3.63) is 41.7 Å². The Bertz CT molecular complexity index is 311. The number of benzene rings is 1. The molecule has 64 valence electrons. The Labute approximate surface area is 72.0 Å². The molecule has 1 N–H and O–H groups in total. The van der Waals surface area contributed by atoms with E-state index >= 15 is 0 Å². The fourth-order valence-electron chi connectivity index (χ4n) is 0.789. The van der Waals surface area contributed by atoms with Crippen molar-refractivity contribution in [3.63, 3.8) is 0 Å². The molecule has 12 heavy (non-hydrogen) atoms. The van der Waals surface area contributed by atoms with E-state index in [9.17, 15) is 4.57 Å². The van der Waals surface area contributed by atoms with E-state index < -0.39 is 7.37 Å². The number of hydrogen-bond donors (Lipinski definition) is 1. The molecular formula is C9H11O2P. The van der Waals surface area contributed by atoms with Crippen LogP contribution in [-0.4, -0.2) is 11.6 Å². The third-order valence-electron chi connectivity index (χ3n) is 1.34. The smallest absolute Gasteiger partial charge is 0.219 e. The van der Waals surface area contributed by atoms with Gasteiger partial charge in [-0.25, -0.2) is 0 Å². The minimum absolute atomic E-state index is 0.939. The summed E-state index contributed by atoms with van der Waals surface area (Å²) < 4.78 is 10.9. The third-order valence-corrected chi connectivity index (χ3v) is 2.05. The first kappa shape index (κ1) is 9.24. The van der Waals surface area contributed by atoms with Crippen LogP contribution in [0.3, 0.4) is 0 Å². The van der Waals surface area contributed by atoms with E-state index in [-0.39, 0.29) is 0 Å². The monoisotopic (exact) mass is 182 g/mol. The van der Waals surface area contributed by atoms with Crippen LogP contribution in [0.5, 0.6) is 0 Å². The molecule has 0 aliphatic carbocycles. The summed E-state index contributed by atoms with van der Waals surface area (Å²) >= 11 is 0. The first-order valence-electron chi connectivity index (χ1n) is 3.62. The third kappa shape index (κ3) is 3.51. The molecule has 1 aromatic rings. The van der Waals surface area contributed by atoms with Crippen LogP contribution in [0, 0.1) is 0 Å². The van der Waals surface area contributed by atoms with Crippen molar-refractivity contribution >= 4 is 13.4 Å². The molecule has 0 fully saturated rings. The summed E-state index contributed by atoms with van der Waals surface area (Å²) in [7, 11) is -3.01. The SMILES string of the molecule is CP(=O)(O)/C=C/c1ccccc1. The van der Waals surface area contributed by atoms with Gasteiger partial charge in [-0.3, -0.25) is 4.57 Å².